The van der Waals surface area contributed by atoms with E-state index < -0.39 is 24.0 Å². The van der Waals surface area contributed by atoms with Gasteiger partial charge < -0.3 is 10.5 Å². The van der Waals surface area contributed by atoms with Gasteiger partial charge in [0.15, 0.2) is 6.10 Å². The van der Waals surface area contributed by atoms with E-state index in [0.29, 0.717) is 6.42 Å². The first-order chi connectivity index (χ1) is 10.6. The zero-order valence-corrected chi connectivity index (χ0v) is 14.0. The first-order valence-corrected chi connectivity index (χ1v) is 7.49. The van der Waals surface area contributed by atoms with Crippen LogP contribution in [0.5, 0.6) is 0 Å². The minimum Gasteiger partial charge on any atom is -0.453 e. The normalized spacial score (nSPS) is 12.3. The molecule has 6 heteroatoms. The van der Waals surface area contributed by atoms with Gasteiger partial charge >= 0.3 is 12.0 Å². The van der Waals surface area contributed by atoms with Crippen LogP contribution in [0.4, 0.5) is 4.79 Å². The number of esters is 1. The molecule has 126 valence electrons. The van der Waals surface area contributed by atoms with Gasteiger partial charge in [-0.2, -0.15) is 0 Å². The van der Waals surface area contributed by atoms with Crippen molar-refractivity contribution < 1.29 is 19.1 Å². The summed E-state index contributed by atoms with van der Waals surface area (Å²) in [7, 11) is 0. The maximum atomic E-state index is 11.7. The van der Waals surface area contributed by atoms with Crippen LogP contribution in [0.25, 0.3) is 0 Å². The van der Waals surface area contributed by atoms with Crippen LogP contribution in [0.3, 0.4) is 0 Å². The second kappa shape index (κ2) is 7.76. The van der Waals surface area contributed by atoms with Crippen LogP contribution < -0.4 is 11.1 Å². The number of aryl methyl sites for hydroxylation is 1. The fourth-order valence-corrected chi connectivity index (χ4v) is 1.95. The van der Waals surface area contributed by atoms with Crippen molar-refractivity contribution in [3.05, 3.63) is 35.4 Å². The van der Waals surface area contributed by atoms with Crippen LogP contribution >= 0.6 is 0 Å². The average molecular weight is 320 g/mol. The lowest BCUT2D eigenvalue weighted by atomic mass is 9.86. The molecule has 0 radical (unpaired) electrons. The van der Waals surface area contributed by atoms with Gasteiger partial charge in [0.05, 0.1) is 0 Å². The molecule has 1 atom stereocenters. The number of ether oxygens (including phenoxy) is 1. The van der Waals surface area contributed by atoms with Crippen molar-refractivity contribution in [1.82, 2.24) is 5.32 Å². The first kappa shape index (κ1) is 18.7. The minimum absolute atomic E-state index is 0.0840. The number of carbonyl (C=O) groups is 3. The van der Waals surface area contributed by atoms with Gasteiger partial charge in [-0.1, -0.05) is 45.0 Å². The Morgan fingerprint density at radius 1 is 1.17 bits per heavy atom. The topological polar surface area (TPSA) is 98.5 Å². The minimum atomic E-state index is -1.06. The van der Waals surface area contributed by atoms with E-state index in [1.807, 2.05) is 29.6 Å². The zero-order chi connectivity index (χ0) is 17.6. The molecule has 1 rings (SSSR count). The monoisotopic (exact) mass is 320 g/mol. The third-order valence-electron chi connectivity index (χ3n) is 3.36. The van der Waals surface area contributed by atoms with Crippen molar-refractivity contribution in [2.24, 2.45) is 5.73 Å². The van der Waals surface area contributed by atoms with E-state index in [9.17, 15) is 14.4 Å². The molecular weight excluding hydrogens is 296 g/mol. The molecule has 0 saturated carbocycles. The highest BCUT2D eigenvalue weighted by Crippen LogP contribution is 2.22. The molecule has 0 spiro atoms. The van der Waals surface area contributed by atoms with Crippen LogP contribution in [-0.4, -0.2) is 24.0 Å². The Bertz CT molecular complexity index is 573. The molecule has 23 heavy (non-hydrogen) atoms. The van der Waals surface area contributed by atoms with Crippen LogP contribution in [-0.2, 0) is 26.2 Å². The predicted octanol–water partition coefficient (Wildman–Crippen LogP) is 2.04. The number of primary amides is 1. The summed E-state index contributed by atoms with van der Waals surface area (Å²) < 4.78 is 4.95. The summed E-state index contributed by atoms with van der Waals surface area (Å²) in [6, 6.07) is 7.08. The van der Waals surface area contributed by atoms with Crippen molar-refractivity contribution >= 4 is 17.9 Å². The van der Waals surface area contributed by atoms with Crippen LogP contribution in [0.1, 0.15) is 45.2 Å². The molecule has 0 saturated heterocycles. The van der Waals surface area contributed by atoms with E-state index in [2.05, 4.69) is 20.8 Å². The SMILES string of the molecule is C[C@H](OC(=O)CCc1ccc(C(C)(C)C)cc1)C(=O)NC(N)=O. The van der Waals surface area contributed by atoms with Crippen molar-refractivity contribution in [2.75, 3.05) is 0 Å². The van der Waals surface area contributed by atoms with Crippen molar-refractivity contribution in [3.8, 4) is 0 Å². The predicted molar refractivity (Wildman–Crippen MR) is 86.7 cm³/mol. The molecule has 3 amide bonds. The first-order valence-electron chi connectivity index (χ1n) is 7.49. The highest BCUT2D eigenvalue weighted by atomic mass is 16.5. The van der Waals surface area contributed by atoms with Crippen LogP contribution in [0, 0.1) is 0 Å². The number of amides is 3. The van der Waals surface area contributed by atoms with E-state index in [4.69, 9.17) is 10.5 Å². The molecule has 1 aromatic rings. The molecule has 3 N–H and O–H groups in total. The summed E-state index contributed by atoms with van der Waals surface area (Å²) in [5.74, 6) is -1.24. The van der Waals surface area contributed by atoms with Gasteiger partial charge in [-0.25, -0.2) is 4.79 Å². The maximum Gasteiger partial charge on any atom is 0.318 e. The lowest BCUT2D eigenvalue weighted by Gasteiger charge is -2.19. The Hall–Kier alpha value is -2.37. The van der Waals surface area contributed by atoms with Gasteiger partial charge in [-0.15, -0.1) is 0 Å². The second-order valence-corrected chi connectivity index (χ2v) is 6.43. The quantitative estimate of drug-likeness (QED) is 0.811. The summed E-state index contributed by atoms with van der Waals surface area (Å²) in [6.45, 7) is 7.79. The molecular formula is C17H24N2O4. The van der Waals surface area contributed by atoms with Crippen LogP contribution in [0.2, 0.25) is 0 Å². The second-order valence-electron chi connectivity index (χ2n) is 6.43. The number of hydrogen-bond acceptors (Lipinski definition) is 4. The largest absolute Gasteiger partial charge is 0.453 e. The highest BCUT2D eigenvalue weighted by Gasteiger charge is 2.19. The third kappa shape index (κ3) is 6.50. The molecule has 6 nitrogen and oxygen atoms in total. The summed E-state index contributed by atoms with van der Waals surface area (Å²) >= 11 is 0. The van der Waals surface area contributed by atoms with Gasteiger partial charge in [0.2, 0.25) is 0 Å². The molecule has 0 heterocycles. The van der Waals surface area contributed by atoms with Gasteiger partial charge in [0.1, 0.15) is 0 Å². The Balaban J connectivity index is 2.47. The third-order valence-corrected chi connectivity index (χ3v) is 3.36. The Labute approximate surface area is 136 Å². The summed E-state index contributed by atoms with van der Waals surface area (Å²) in [5, 5.41) is 1.86. The lowest BCUT2D eigenvalue weighted by Crippen LogP contribution is -2.42. The molecule has 0 bridgehead atoms. The number of carbonyl (C=O) groups excluding carboxylic acids is 3. The van der Waals surface area contributed by atoms with Crippen molar-refractivity contribution in [3.63, 3.8) is 0 Å². The van der Waals surface area contributed by atoms with Gasteiger partial charge in [-0.05, 0) is 29.9 Å². The summed E-state index contributed by atoms with van der Waals surface area (Å²) in [5.41, 5.74) is 7.15. The smallest absolute Gasteiger partial charge is 0.318 e. The number of urea groups is 1. The Morgan fingerprint density at radius 3 is 2.22 bits per heavy atom. The Kier molecular flexibility index (Phi) is 6.30. The maximum absolute atomic E-state index is 11.7. The van der Waals surface area contributed by atoms with E-state index in [1.165, 1.54) is 12.5 Å². The summed E-state index contributed by atoms with van der Waals surface area (Å²) in [4.78, 5) is 33.7. The highest BCUT2D eigenvalue weighted by molar-refractivity contribution is 5.96. The average Bonchev–Trinajstić information content (AvgIpc) is 2.43. The van der Waals surface area contributed by atoms with E-state index in [0.717, 1.165) is 5.56 Å². The lowest BCUT2D eigenvalue weighted by molar-refractivity contribution is -0.154. The fraction of sp³-hybridized carbons (Fsp3) is 0.471. The van der Waals surface area contributed by atoms with Crippen LogP contribution in [0.15, 0.2) is 24.3 Å². The van der Waals surface area contributed by atoms with Gasteiger partial charge in [0, 0.05) is 6.42 Å². The standard InChI is InChI=1S/C17H24N2O4/c1-11(15(21)19-16(18)22)23-14(20)10-7-12-5-8-13(9-6-12)17(2,3)4/h5-6,8-9,11H,7,10H2,1-4H3,(H3,18,19,21,22)/t11-/m0/s1. The van der Waals surface area contributed by atoms with Gasteiger partial charge in [-0.3, -0.25) is 14.9 Å². The molecule has 0 aromatic heterocycles. The molecule has 0 unspecified atom stereocenters. The van der Waals surface area contributed by atoms with Crippen molar-refractivity contribution in [1.29, 1.82) is 0 Å². The zero-order valence-electron chi connectivity index (χ0n) is 14.0. The molecule has 0 aliphatic carbocycles. The summed E-state index contributed by atoms with van der Waals surface area (Å²) in [6.07, 6.45) is -0.380. The van der Waals surface area contributed by atoms with E-state index in [1.54, 1.807) is 0 Å². The van der Waals surface area contributed by atoms with Crippen molar-refractivity contribution in [2.45, 2.75) is 52.1 Å². The molecule has 1 aromatic carbocycles. The fourth-order valence-electron chi connectivity index (χ4n) is 1.95. The molecule has 0 aliphatic heterocycles. The van der Waals surface area contributed by atoms with E-state index >= 15 is 0 Å². The Morgan fingerprint density at radius 2 is 1.74 bits per heavy atom. The number of imide groups is 1. The van der Waals surface area contributed by atoms with E-state index in [-0.39, 0.29) is 11.8 Å². The molecule has 0 fully saturated rings. The van der Waals surface area contributed by atoms with Gasteiger partial charge in [0.25, 0.3) is 5.91 Å². The number of rotatable bonds is 5. The molecule has 0 aliphatic rings. The number of hydrogen-bond donors (Lipinski definition) is 2. The number of nitrogens with one attached hydrogen (secondary N) is 1. The number of benzene rings is 1. The number of nitrogens with two attached hydrogens (primary N) is 1.